The minimum absolute atomic E-state index is 0.0318. The van der Waals surface area contributed by atoms with E-state index in [1.807, 2.05) is 47.5 Å². The summed E-state index contributed by atoms with van der Waals surface area (Å²) in [5, 5.41) is 0. The molecule has 1 aliphatic rings. The first kappa shape index (κ1) is 16.5. The predicted octanol–water partition coefficient (Wildman–Crippen LogP) is 1.57. The molecule has 0 bridgehead atoms. The van der Waals surface area contributed by atoms with Crippen LogP contribution in [0.4, 0.5) is 0 Å². The Morgan fingerprint density at radius 3 is 2.65 bits per heavy atom. The van der Waals surface area contributed by atoms with Gasteiger partial charge in [-0.15, -0.1) is 0 Å². The van der Waals surface area contributed by atoms with Crippen molar-refractivity contribution in [1.29, 1.82) is 0 Å². The van der Waals surface area contributed by atoms with Gasteiger partial charge in [0.05, 0.1) is 0 Å². The van der Waals surface area contributed by atoms with Crippen LogP contribution < -0.4 is 4.74 Å². The van der Waals surface area contributed by atoms with Crippen LogP contribution in [0.25, 0.3) is 5.78 Å². The highest BCUT2D eigenvalue weighted by molar-refractivity contribution is 5.92. The molecule has 4 rings (SSSR count). The molecule has 0 saturated carbocycles. The van der Waals surface area contributed by atoms with Crippen molar-refractivity contribution in [1.82, 2.24) is 24.2 Å². The van der Waals surface area contributed by atoms with Gasteiger partial charge in [0.1, 0.15) is 18.1 Å². The first-order valence-electron chi connectivity index (χ1n) is 8.79. The quantitative estimate of drug-likeness (QED) is 0.698. The van der Waals surface area contributed by atoms with Gasteiger partial charge in [0, 0.05) is 51.3 Å². The highest BCUT2D eigenvalue weighted by Gasteiger charge is 2.23. The smallest absolute Gasteiger partial charge is 0.274 e. The molecule has 1 saturated heterocycles. The summed E-state index contributed by atoms with van der Waals surface area (Å²) in [6.45, 7) is 4.59. The zero-order valence-corrected chi connectivity index (χ0v) is 14.5. The lowest BCUT2D eigenvalue weighted by Gasteiger charge is -2.34. The molecule has 0 unspecified atom stereocenters. The van der Waals surface area contributed by atoms with E-state index in [-0.39, 0.29) is 5.91 Å². The molecule has 1 fully saturated rings. The highest BCUT2D eigenvalue weighted by atomic mass is 16.5. The highest BCUT2D eigenvalue weighted by Crippen LogP contribution is 2.11. The van der Waals surface area contributed by atoms with Gasteiger partial charge in [0.25, 0.3) is 5.91 Å². The number of benzene rings is 1. The summed E-state index contributed by atoms with van der Waals surface area (Å²) in [5.41, 5.74) is 0.449. The molecule has 0 spiro atoms. The Kier molecular flexibility index (Phi) is 4.79. The van der Waals surface area contributed by atoms with Gasteiger partial charge >= 0.3 is 0 Å². The summed E-state index contributed by atoms with van der Waals surface area (Å²) in [4.78, 5) is 25.3. The third kappa shape index (κ3) is 3.67. The zero-order valence-electron chi connectivity index (χ0n) is 14.5. The summed E-state index contributed by atoms with van der Waals surface area (Å²) >= 11 is 0. The van der Waals surface area contributed by atoms with Crippen molar-refractivity contribution in [3.05, 3.63) is 60.7 Å². The Hall–Kier alpha value is -2.93. The second-order valence-electron chi connectivity index (χ2n) is 6.25. The third-order valence-corrected chi connectivity index (χ3v) is 4.53. The lowest BCUT2D eigenvalue weighted by Crippen LogP contribution is -2.49. The van der Waals surface area contributed by atoms with Crippen LogP contribution in [0.1, 0.15) is 10.5 Å². The van der Waals surface area contributed by atoms with Crippen LogP contribution in [0, 0.1) is 0 Å². The molecular weight excluding hydrogens is 330 g/mol. The fourth-order valence-corrected chi connectivity index (χ4v) is 3.08. The third-order valence-electron chi connectivity index (χ3n) is 4.53. The maximum atomic E-state index is 12.7. The van der Waals surface area contributed by atoms with Crippen molar-refractivity contribution in [2.24, 2.45) is 0 Å². The van der Waals surface area contributed by atoms with Crippen molar-refractivity contribution in [2.45, 2.75) is 0 Å². The SMILES string of the molecule is O=C(c1cn2cccnc2n1)N1CCN(CCOc2ccccc2)CC1. The van der Waals surface area contributed by atoms with E-state index in [2.05, 4.69) is 14.9 Å². The van der Waals surface area contributed by atoms with Crippen molar-refractivity contribution in [3.63, 3.8) is 0 Å². The number of amides is 1. The van der Waals surface area contributed by atoms with E-state index in [9.17, 15) is 4.79 Å². The van der Waals surface area contributed by atoms with Gasteiger partial charge in [-0.3, -0.25) is 14.1 Å². The van der Waals surface area contributed by atoms with Gasteiger partial charge in [-0.05, 0) is 18.2 Å². The second kappa shape index (κ2) is 7.53. The predicted molar refractivity (Wildman–Crippen MR) is 97.3 cm³/mol. The van der Waals surface area contributed by atoms with Crippen LogP contribution >= 0.6 is 0 Å². The number of fused-ring (bicyclic) bond motifs is 1. The Morgan fingerprint density at radius 2 is 1.88 bits per heavy atom. The van der Waals surface area contributed by atoms with Gasteiger partial charge in [-0.25, -0.2) is 9.97 Å². The molecule has 1 amide bonds. The summed E-state index contributed by atoms with van der Waals surface area (Å²) < 4.78 is 7.51. The molecule has 7 heteroatoms. The van der Waals surface area contributed by atoms with Gasteiger partial charge < -0.3 is 9.64 Å². The van der Waals surface area contributed by atoms with E-state index in [0.29, 0.717) is 31.2 Å². The van der Waals surface area contributed by atoms with E-state index in [0.717, 1.165) is 25.4 Å². The van der Waals surface area contributed by atoms with E-state index in [4.69, 9.17) is 4.74 Å². The van der Waals surface area contributed by atoms with Crippen LogP contribution in [0.2, 0.25) is 0 Å². The molecule has 7 nitrogen and oxygen atoms in total. The molecule has 1 aromatic carbocycles. The molecule has 1 aliphatic heterocycles. The van der Waals surface area contributed by atoms with Crippen molar-refractivity contribution in [2.75, 3.05) is 39.3 Å². The second-order valence-corrected chi connectivity index (χ2v) is 6.25. The maximum absolute atomic E-state index is 12.7. The summed E-state index contributed by atoms with van der Waals surface area (Å²) in [6.07, 6.45) is 5.26. The van der Waals surface area contributed by atoms with Crippen LogP contribution in [0.15, 0.2) is 55.0 Å². The molecule has 2 aromatic heterocycles. The topological polar surface area (TPSA) is 63.0 Å². The van der Waals surface area contributed by atoms with Crippen LogP contribution in [-0.2, 0) is 0 Å². The summed E-state index contributed by atoms with van der Waals surface area (Å²) in [6, 6.07) is 11.6. The Bertz CT molecular complexity index is 839. The van der Waals surface area contributed by atoms with E-state index in [1.165, 1.54) is 0 Å². The minimum Gasteiger partial charge on any atom is -0.492 e. The number of imidazole rings is 1. The van der Waals surface area contributed by atoms with Crippen molar-refractivity contribution >= 4 is 11.7 Å². The Labute approximate surface area is 151 Å². The minimum atomic E-state index is -0.0318. The zero-order chi connectivity index (χ0) is 17.8. The number of carbonyl (C=O) groups is 1. The number of rotatable bonds is 5. The average Bonchev–Trinajstić information content (AvgIpc) is 3.13. The van der Waals surface area contributed by atoms with E-state index < -0.39 is 0 Å². The normalized spacial score (nSPS) is 15.3. The number of aromatic nitrogens is 3. The van der Waals surface area contributed by atoms with Gasteiger partial charge in [0.2, 0.25) is 5.78 Å². The molecule has 0 N–H and O–H groups in total. The summed E-state index contributed by atoms with van der Waals surface area (Å²) in [7, 11) is 0. The molecule has 3 aromatic rings. The maximum Gasteiger partial charge on any atom is 0.274 e. The van der Waals surface area contributed by atoms with E-state index >= 15 is 0 Å². The number of hydrogen-bond acceptors (Lipinski definition) is 5. The number of para-hydroxylation sites is 1. The van der Waals surface area contributed by atoms with Crippen LogP contribution in [0.5, 0.6) is 5.75 Å². The molecule has 0 radical (unpaired) electrons. The van der Waals surface area contributed by atoms with Gasteiger partial charge in [-0.1, -0.05) is 18.2 Å². The van der Waals surface area contributed by atoms with Crippen molar-refractivity contribution < 1.29 is 9.53 Å². The van der Waals surface area contributed by atoms with Gasteiger partial charge in [0.15, 0.2) is 0 Å². The van der Waals surface area contributed by atoms with Gasteiger partial charge in [-0.2, -0.15) is 0 Å². The van der Waals surface area contributed by atoms with Crippen molar-refractivity contribution in [3.8, 4) is 5.75 Å². The monoisotopic (exact) mass is 351 g/mol. The average molecular weight is 351 g/mol. The molecule has 134 valence electrons. The van der Waals surface area contributed by atoms with E-state index in [1.54, 1.807) is 16.8 Å². The summed E-state index contributed by atoms with van der Waals surface area (Å²) in [5.74, 6) is 1.41. The Morgan fingerprint density at radius 1 is 1.08 bits per heavy atom. The fourth-order valence-electron chi connectivity index (χ4n) is 3.08. The molecule has 26 heavy (non-hydrogen) atoms. The fraction of sp³-hybridized carbons (Fsp3) is 0.316. The first-order valence-corrected chi connectivity index (χ1v) is 8.79. The first-order chi connectivity index (χ1) is 12.8. The molecule has 0 atom stereocenters. The number of piperazine rings is 1. The molecule has 3 heterocycles. The van der Waals surface area contributed by atoms with Crippen LogP contribution in [-0.4, -0.2) is 69.4 Å². The standard InChI is InChI=1S/C19H21N5O2/c25-18(17-15-24-8-4-7-20-19(24)21-17)23-11-9-22(10-12-23)13-14-26-16-5-2-1-3-6-16/h1-8,15H,9-14H2. The number of hydrogen-bond donors (Lipinski definition) is 0. The molecular formula is C19H21N5O2. The number of ether oxygens (including phenoxy) is 1. The Balaban J connectivity index is 1.27. The van der Waals surface area contributed by atoms with Crippen LogP contribution in [0.3, 0.4) is 0 Å². The molecule has 0 aliphatic carbocycles. The number of carbonyl (C=O) groups excluding carboxylic acids is 1. The lowest BCUT2D eigenvalue weighted by atomic mass is 10.3. The number of nitrogens with zero attached hydrogens (tertiary/aromatic N) is 5. The largest absolute Gasteiger partial charge is 0.492 e. The lowest BCUT2D eigenvalue weighted by molar-refractivity contribution is 0.0615.